The summed E-state index contributed by atoms with van der Waals surface area (Å²) in [5.41, 5.74) is -0.0674. The summed E-state index contributed by atoms with van der Waals surface area (Å²) in [6.45, 7) is 8.08. The maximum absolute atomic E-state index is 13.1. The highest BCUT2D eigenvalue weighted by Gasteiger charge is 2.34. The van der Waals surface area contributed by atoms with Crippen molar-refractivity contribution >= 4 is 35.6 Å². The number of hydrogen-bond acceptors (Lipinski definition) is 9. The van der Waals surface area contributed by atoms with E-state index >= 15 is 0 Å². The molecule has 0 aromatic carbocycles. The van der Waals surface area contributed by atoms with E-state index in [-0.39, 0.29) is 55.2 Å². The van der Waals surface area contributed by atoms with E-state index in [0.717, 1.165) is 12.8 Å². The Morgan fingerprint density at radius 1 is 0.720 bits per heavy atom. The smallest absolute Gasteiger partial charge is 0.407 e. The topological polar surface area (TPSA) is 208 Å². The van der Waals surface area contributed by atoms with E-state index in [4.69, 9.17) is 4.74 Å². The van der Waals surface area contributed by atoms with Crippen LogP contribution in [-0.4, -0.2) is 102 Å². The van der Waals surface area contributed by atoms with Gasteiger partial charge in [-0.1, -0.05) is 6.42 Å². The van der Waals surface area contributed by atoms with Crippen LogP contribution in [0.5, 0.6) is 0 Å². The van der Waals surface area contributed by atoms with Crippen molar-refractivity contribution in [3.05, 3.63) is 30.1 Å². The minimum atomic E-state index is -1.18. The Kier molecular flexibility index (Phi) is 19.4. The maximum atomic E-state index is 13.1. The molecular weight excluding hydrogens is 646 g/mol. The lowest BCUT2D eigenvalue weighted by Gasteiger charge is -2.28. The second kappa shape index (κ2) is 23.2. The number of nitrogens with zero attached hydrogens (tertiary/aromatic N) is 2. The number of pyridine rings is 1. The fraction of sp³-hybridized carbons (Fsp3) is 0.686. The van der Waals surface area contributed by atoms with E-state index in [1.54, 1.807) is 37.8 Å². The second-order valence-electron chi connectivity index (χ2n) is 13.4. The number of rotatable bonds is 22. The third-order valence-electron chi connectivity index (χ3n) is 7.82. The molecule has 50 heavy (non-hydrogen) atoms. The Bertz CT molecular complexity index is 1220. The van der Waals surface area contributed by atoms with Crippen molar-refractivity contribution in [2.75, 3.05) is 39.3 Å². The molecule has 280 valence electrons. The zero-order valence-electron chi connectivity index (χ0n) is 29.9. The van der Waals surface area contributed by atoms with Crippen LogP contribution < -0.4 is 26.6 Å². The largest absolute Gasteiger partial charge is 0.444 e. The van der Waals surface area contributed by atoms with E-state index in [1.807, 2.05) is 0 Å². The number of likely N-dealkylation sites (tertiary alicyclic amines) is 1. The first-order valence-corrected chi connectivity index (χ1v) is 17.8. The third-order valence-corrected chi connectivity index (χ3v) is 7.82. The summed E-state index contributed by atoms with van der Waals surface area (Å²) >= 11 is 0. The lowest BCUT2D eigenvalue weighted by Crippen LogP contribution is -2.51. The van der Waals surface area contributed by atoms with Crippen LogP contribution in [0.15, 0.2) is 24.5 Å². The number of ether oxygens (including phenoxy) is 1. The van der Waals surface area contributed by atoms with Crippen LogP contribution in [0.25, 0.3) is 0 Å². The van der Waals surface area contributed by atoms with Crippen LogP contribution in [0.1, 0.15) is 109 Å². The highest BCUT2D eigenvalue weighted by molar-refractivity contribution is 5.88. The molecule has 0 bridgehead atoms. The fourth-order valence-corrected chi connectivity index (χ4v) is 5.20. The number of aromatic nitrogens is 1. The van der Waals surface area contributed by atoms with Crippen molar-refractivity contribution in [3.8, 4) is 0 Å². The molecule has 1 aromatic rings. The van der Waals surface area contributed by atoms with Crippen LogP contribution in [0, 0.1) is 0 Å². The molecule has 1 fully saturated rings. The first-order valence-electron chi connectivity index (χ1n) is 17.8. The number of carbonyl (C=O) groups is 6. The molecule has 0 radical (unpaired) electrons. The van der Waals surface area contributed by atoms with Gasteiger partial charge in [-0.3, -0.25) is 29.0 Å². The van der Waals surface area contributed by atoms with E-state index < -0.39 is 23.8 Å². The normalized spacial score (nSPS) is 13.9. The van der Waals surface area contributed by atoms with Gasteiger partial charge in [-0.2, -0.15) is 0 Å². The van der Waals surface area contributed by atoms with Gasteiger partial charge in [0.05, 0.1) is 0 Å². The van der Waals surface area contributed by atoms with Gasteiger partial charge >= 0.3 is 6.09 Å². The van der Waals surface area contributed by atoms with Crippen molar-refractivity contribution in [2.45, 2.75) is 116 Å². The van der Waals surface area contributed by atoms with Gasteiger partial charge in [0, 0.05) is 77.3 Å². The van der Waals surface area contributed by atoms with Crippen LogP contribution in [0.3, 0.4) is 0 Å². The summed E-state index contributed by atoms with van der Waals surface area (Å²) in [6.07, 6.45) is 7.55. The molecule has 15 nitrogen and oxygen atoms in total. The van der Waals surface area contributed by atoms with Crippen molar-refractivity contribution in [3.63, 3.8) is 0 Å². The molecular formula is C35H57N7O8. The first-order chi connectivity index (χ1) is 23.9. The second-order valence-corrected chi connectivity index (χ2v) is 13.4. The predicted octanol–water partition coefficient (Wildman–Crippen LogP) is 2.00. The minimum Gasteiger partial charge on any atom is -0.444 e. The average Bonchev–Trinajstić information content (AvgIpc) is 3.62. The first kappa shape index (κ1) is 41.9. The molecule has 0 aliphatic carbocycles. The molecule has 1 aliphatic heterocycles. The molecule has 15 heteroatoms. The number of amides is 6. The summed E-state index contributed by atoms with van der Waals surface area (Å²) in [6, 6.07) is 2.18. The van der Waals surface area contributed by atoms with Crippen LogP contribution in [-0.2, 0) is 28.7 Å². The summed E-state index contributed by atoms with van der Waals surface area (Å²) in [7, 11) is 0. The van der Waals surface area contributed by atoms with Crippen LogP contribution in [0.4, 0.5) is 4.79 Å². The van der Waals surface area contributed by atoms with Gasteiger partial charge in [-0.25, -0.2) is 4.79 Å². The predicted molar refractivity (Wildman–Crippen MR) is 186 cm³/mol. The fourth-order valence-electron chi connectivity index (χ4n) is 5.20. The molecule has 2 atom stereocenters. The van der Waals surface area contributed by atoms with E-state index in [0.29, 0.717) is 83.4 Å². The molecule has 1 aromatic heterocycles. The van der Waals surface area contributed by atoms with Crippen molar-refractivity contribution in [2.24, 2.45) is 0 Å². The Morgan fingerprint density at radius 3 is 1.72 bits per heavy atom. The number of nitrogens with one attached hydrogen (secondary N) is 5. The van der Waals surface area contributed by atoms with Crippen molar-refractivity contribution in [1.82, 2.24) is 36.5 Å². The highest BCUT2D eigenvalue weighted by atomic mass is 16.6. The Balaban J connectivity index is 1.48. The SMILES string of the molecule is CC(C)(C)OC(=O)NCCCC(=O)NCCCC(=O)NCCCC(=O)NCCCCCC(=O)NC(C(=O)N1CCCC1)C(O)c1ccncc1. The number of aliphatic hydroxyl groups excluding tert-OH is 1. The van der Waals surface area contributed by atoms with Gasteiger partial charge < -0.3 is 41.3 Å². The molecule has 6 N–H and O–H groups in total. The lowest BCUT2D eigenvalue weighted by atomic mass is 10.0. The molecule has 2 heterocycles. The molecule has 2 rings (SSSR count). The minimum absolute atomic E-state index is 0.116. The summed E-state index contributed by atoms with van der Waals surface area (Å²) in [4.78, 5) is 79.1. The summed E-state index contributed by atoms with van der Waals surface area (Å²) in [5, 5.41) is 24.6. The number of alkyl carbamates (subject to hydrolysis) is 1. The van der Waals surface area contributed by atoms with E-state index in [2.05, 4.69) is 31.6 Å². The van der Waals surface area contributed by atoms with Crippen LogP contribution in [0.2, 0.25) is 0 Å². The standard InChI is InChI=1S/C35H57N7O8/c1-35(2,3)50-34(49)40-21-11-15-29(45)39-20-10-14-28(44)38-19-9-13-27(43)37-18-6-4-5-12-30(46)41-31(33(48)42-24-7-8-25-42)32(47)26-16-22-36-23-17-26/h16-17,22-23,31-32,47H,4-15,18-21,24-25H2,1-3H3,(H,37,43)(H,38,44)(H,39,45)(H,40,49)(H,41,46). The molecule has 1 aliphatic rings. The average molecular weight is 704 g/mol. The molecule has 0 spiro atoms. The Hall–Kier alpha value is -4.27. The maximum Gasteiger partial charge on any atom is 0.407 e. The van der Waals surface area contributed by atoms with Crippen molar-refractivity contribution < 1.29 is 38.6 Å². The lowest BCUT2D eigenvalue weighted by molar-refractivity contribution is -0.139. The van der Waals surface area contributed by atoms with Gasteiger partial charge in [0.15, 0.2) is 0 Å². The van der Waals surface area contributed by atoms with E-state index in [9.17, 15) is 33.9 Å². The molecule has 1 saturated heterocycles. The van der Waals surface area contributed by atoms with E-state index in [1.165, 1.54) is 12.4 Å². The Labute approximate surface area is 295 Å². The molecule has 2 unspecified atom stereocenters. The van der Waals surface area contributed by atoms with Gasteiger partial charge in [0.25, 0.3) is 0 Å². The quantitative estimate of drug-likeness (QED) is 0.0975. The van der Waals surface area contributed by atoms with Gasteiger partial charge in [-0.05, 0) is 83.4 Å². The zero-order chi connectivity index (χ0) is 36.8. The third kappa shape index (κ3) is 18.5. The molecule has 0 saturated carbocycles. The zero-order valence-corrected chi connectivity index (χ0v) is 29.9. The Morgan fingerprint density at radius 2 is 1.20 bits per heavy atom. The number of aliphatic hydroxyl groups is 1. The number of unbranched alkanes of at least 4 members (excludes halogenated alkanes) is 2. The summed E-state index contributed by atoms with van der Waals surface area (Å²) < 4.78 is 5.13. The monoisotopic (exact) mass is 703 g/mol. The van der Waals surface area contributed by atoms with Crippen LogP contribution >= 0.6 is 0 Å². The van der Waals surface area contributed by atoms with Gasteiger partial charge in [0.1, 0.15) is 17.7 Å². The highest BCUT2D eigenvalue weighted by Crippen LogP contribution is 2.20. The van der Waals surface area contributed by atoms with Gasteiger partial charge in [-0.15, -0.1) is 0 Å². The van der Waals surface area contributed by atoms with Crippen molar-refractivity contribution in [1.29, 1.82) is 0 Å². The molecule has 6 amide bonds. The summed E-state index contributed by atoms with van der Waals surface area (Å²) in [5.74, 6) is -1.02. The number of carbonyl (C=O) groups excluding carboxylic acids is 6. The number of hydrogen-bond donors (Lipinski definition) is 6. The van der Waals surface area contributed by atoms with Gasteiger partial charge in [0.2, 0.25) is 29.5 Å².